The summed E-state index contributed by atoms with van der Waals surface area (Å²) in [7, 11) is 0. The highest BCUT2D eigenvalue weighted by atomic mass is 32.1. The van der Waals surface area contributed by atoms with Gasteiger partial charge < -0.3 is 0 Å². The van der Waals surface area contributed by atoms with Crippen molar-refractivity contribution in [3.8, 4) is 21.6 Å². The van der Waals surface area contributed by atoms with Crippen molar-refractivity contribution >= 4 is 11.3 Å². The maximum absolute atomic E-state index is 2.26. The molecule has 1 heteroatoms. The summed E-state index contributed by atoms with van der Waals surface area (Å²) in [6.07, 6.45) is 0. The summed E-state index contributed by atoms with van der Waals surface area (Å²) in [5.41, 5.74) is 3.85. The van der Waals surface area contributed by atoms with E-state index in [4.69, 9.17) is 0 Å². The Morgan fingerprint density at radius 3 is 2.11 bits per heavy atom. The summed E-state index contributed by atoms with van der Waals surface area (Å²) in [4.78, 5) is 2.69. The maximum Gasteiger partial charge on any atom is 0.0345 e. The first-order valence-corrected chi connectivity index (χ1v) is 6.87. The van der Waals surface area contributed by atoms with Crippen LogP contribution in [0.1, 0.15) is 4.88 Å². The zero-order valence-electron chi connectivity index (χ0n) is 10.3. The van der Waals surface area contributed by atoms with E-state index < -0.39 is 0 Å². The van der Waals surface area contributed by atoms with Crippen molar-refractivity contribution in [1.82, 2.24) is 0 Å². The third kappa shape index (κ3) is 2.22. The maximum atomic E-state index is 2.26. The Kier molecular flexibility index (Phi) is 2.99. The van der Waals surface area contributed by atoms with Gasteiger partial charge in [0.1, 0.15) is 0 Å². The second-order valence-corrected chi connectivity index (χ2v) is 5.65. The molecular formula is C17H14S. The minimum atomic E-state index is 1.27. The average molecular weight is 250 g/mol. The Labute approximate surface area is 112 Å². The monoisotopic (exact) mass is 250 g/mol. The summed E-state index contributed by atoms with van der Waals surface area (Å²) < 4.78 is 0. The molecule has 0 amide bonds. The van der Waals surface area contributed by atoms with Crippen molar-refractivity contribution < 1.29 is 0 Å². The highest BCUT2D eigenvalue weighted by molar-refractivity contribution is 7.15. The minimum absolute atomic E-state index is 1.27. The van der Waals surface area contributed by atoms with E-state index in [1.54, 1.807) is 0 Å². The van der Waals surface area contributed by atoms with Gasteiger partial charge in [0.2, 0.25) is 0 Å². The summed E-state index contributed by atoms with van der Waals surface area (Å²) >= 11 is 1.84. The second-order valence-electron chi connectivity index (χ2n) is 4.36. The van der Waals surface area contributed by atoms with E-state index in [1.807, 2.05) is 11.3 Å². The molecule has 0 N–H and O–H groups in total. The summed E-state index contributed by atoms with van der Waals surface area (Å²) in [6, 6.07) is 23.6. The lowest BCUT2D eigenvalue weighted by Crippen LogP contribution is -1.78. The average Bonchev–Trinajstić information content (AvgIpc) is 2.87. The van der Waals surface area contributed by atoms with Gasteiger partial charge in [0.15, 0.2) is 0 Å². The Bertz CT molecular complexity index is 650. The van der Waals surface area contributed by atoms with E-state index in [-0.39, 0.29) is 0 Å². The van der Waals surface area contributed by atoms with Crippen LogP contribution in [-0.2, 0) is 0 Å². The SMILES string of the molecule is Cc1ccc(-c2cccc(-c3ccccc3)c2)s1. The van der Waals surface area contributed by atoms with Crippen LogP contribution in [0.5, 0.6) is 0 Å². The molecule has 18 heavy (non-hydrogen) atoms. The molecule has 0 atom stereocenters. The number of thiophene rings is 1. The lowest BCUT2D eigenvalue weighted by atomic mass is 10.0. The first-order valence-electron chi connectivity index (χ1n) is 6.05. The van der Waals surface area contributed by atoms with Crippen molar-refractivity contribution in [1.29, 1.82) is 0 Å². The zero-order valence-corrected chi connectivity index (χ0v) is 11.1. The molecule has 1 aromatic heterocycles. The Balaban J connectivity index is 2.05. The molecule has 0 radical (unpaired) electrons. The molecule has 0 saturated heterocycles. The molecule has 1 heterocycles. The Morgan fingerprint density at radius 1 is 0.667 bits per heavy atom. The van der Waals surface area contributed by atoms with Crippen molar-refractivity contribution in [2.24, 2.45) is 0 Å². The molecule has 0 fully saturated rings. The topological polar surface area (TPSA) is 0 Å². The molecule has 3 aromatic rings. The van der Waals surface area contributed by atoms with E-state index in [9.17, 15) is 0 Å². The van der Waals surface area contributed by atoms with Crippen molar-refractivity contribution in [3.63, 3.8) is 0 Å². The number of rotatable bonds is 2. The lowest BCUT2D eigenvalue weighted by Gasteiger charge is -2.04. The van der Waals surface area contributed by atoms with Crippen LogP contribution in [0.3, 0.4) is 0 Å². The van der Waals surface area contributed by atoms with Crippen LogP contribution in [0.25, 0.3) is 21.6 Å². The highest BCUT2D eigenvalue weighted by Gasteiger charge is 2.02. The van der Waals surface area contributed by atoms with Crippen LogP contribution in [0.4, 0.5) is 0 Å². The fourth-order valence-corrected chi connectivity index (χ4v) is 2.94. The van der Waals surface area contributed by atoms with Crippen molar-refractivity contribution in [2.75, 3.05) is 0 Å². The van der Waals surface area contributed by atoms with E-state index in [0.29, 0.717) is 0 Å². The second kappa shape index (κ2) is 4.79. The van der Waals surface area contributed by atoms with Gasteiger partial charge in [0.05, 0.1) is 0 Å². The van der Waals surface area contributed by atoms with Gasteiger partial charge in [0.25, 0.3) is 0 Å². The van der Waals surface area contributed by atoms with Gasteiger partial charge in [-0.2, -0.15) is 0 Å². The molecule has 0 bridgehead atoms. The van der Waals surface area contributed by atoms with E-state index in [1.165, 1.54) is 26.4 Å². The summed E-state index contributed by atoms with van der Waals surface area (Å²) in [6.45, 7) is 2.15. The first-order chi connectivity index (χ1) is 8.83. The molecule has 0 aliphatic carbocycles. The first kappa shape index (κ1) is 11.2. The zero-order chi connectivity index (χ0) is 12.4. The third-order valence-corrected chi connectivity index (χ3v) is 4.04. The predicted molar refractivity (Wildman–Crippen MR) is 79.9 cm³/mol. The summed E-state index contributed by atoms with van der Waals surface area (Å²) in [5, 5.41) is 0. The molecule has 3 rings (SSSR count). The van der Waals surface area contributed by atoms with Gasteiger partial charge in [-0.25, -0.2) is 0 Å². The van der Waals surface area contributed by atoms with Gasteiger partial charge in [-0.3, -0.25) is 0 Å². The standard InChI is InChI=1S/C17H14S/c1-13-10-11-17(18-13)16-9-5-8-15(12-16)14-6-3-2-4-7-14/h2-12H,1H3. The number of hydrogen-bond acceptors (Lipinski definition) is 1. The molecule has 2 aromatic carbocycles. The minimum Gasteiger partial charge on any atom is -0.141 e. The third-order valence-electron chi connectivity index (χ3n) is 2.99. The van der Waals surface area contributed by atoms with Crippen LogP contribution in [0.15, 0.2) is 66.7 Å². The smallest absolute Gasteiger partial charge is 0.0345 e. The van der Waals surface area contributed by atoms with Crippen LogP contribution in [0, 0.1) is 6.92 Å². The molecular weight excluding hydrogens is 236 g/mol. The van der Waals surface area contributed by atoms with Gasteiger partial charge in [-0.15, -0.1) is 11.3 Å². The normalized spacial score (nSPS) is 10.5. The molecule has 0 nitrogen and oxygen atoms in total. The quantitative estimate of drug-likeness (QED) is 0.572. The van der Waals surface area contributed by atoms with Crippen molar-refractivity contribution in [2.45, 2.75) is 6.92 Å². The molecule has 88 valence electrons. The Morgan fingerprint density at radius 2 is 1.39 bits per heavy atom. The number of hydrogen-bond donors (Lipinski definition) is 0. The van der Waals surface area contributed by atoms with E-state index in [2.05, 4.69) is 73.7 Å². The van der Waals surface area contributed by atoms with Gasteiger partial charge in [-0.1, -0.05) is 48.5 Å². The molecule has 0 aliphatic rings. The highest BCUT2D eigenvalue weighted by Crippen LogP contribution is 2.30. The van der Waals surface area contributed by atoms with Gasteiger partial charge in [-0.05, 0) is 41.8 Å². The van der Waals surface area contributed by atoms with E-state index in [0.717, 1.165) is 0 Å². The number of benzene rings is 2. The van der Waals surface area contributed by atoms with Crippen LogP contribution >= 0.6 is 11.3 Å². The number of aryl methyl sites for hydroxylation is 1. The van der Waals surface area contributed by atoms with E-state index >= 15 is 0 Å². The van der Waals surface area contributed by atoms with Gasteiger partial charge >= 0.3 is 0 Å². The molecule has 0 aliphatic heterocycles. The van der Waals surface area contributed by atoms with Crippen LogP contribution < -0.4 is 0 Å². The van der Waals surface area contributed by atoms with Crippen LogP contribution in [0.2, 0.25) is 0 Å². The summed E-state index contributed by atoms with van der Waals surface area (Å²) in [5.74, 6) is 0. The molecule has 0 spiro atoms. The molecule has 0 saturated carbocycles. The lowest BCUT2D eigenvalue weighted by molar-refractivity contribution is 1.61. The predicted octanol–water partition coefficient (Wildman–Crippen LogP) is 5.39. The van der Waals surface area contributed by atoms with Crippen LogP contribution in [-0.4, -0.2) is 0 Å². The Hall–Kier alpha value is -1.86. The fourth-order valence-electron chi connectivity index (χ4n) is 2.07. The van der Waals surface area contributed by atoms with Gasteiger partial charge in [0, 0.05) is 9.75 Å². The van der Waals surface area contributed by atoms with Crippen molar-refractivity contribution in [3.05, 3.63) is 71.6 Å². The molecule has 0 unspecified atom stereocenters. The fraction of sp³-hybridized carbons (Fsp3) is 0.0588. The largest absolute Gasteiger partial charge is 0.141 e.